The molecular weight excluding hydrogens is 540 g/mol. The summed E-state index contributed by atoms with van der Waals surface area (Å²) < 4.78 is 44.0. The molecule has 1 spiro atoms. The second-order valence-electron chi connectivity index (χ2n) is 10.7. The van der Waals surface area contributed by atoms with Gasteiger partial charge in [0.1, 0.15) is 5.69 Å². The minimum atomic E-state index is -3.54. The lowest BCUT2D eigenvalue weighted by atomic mass is 9.77. The van der Waals surface area contributed by atoms with E-state index in [0.717, 1.165) is 55.0 Å². The molecule has 0 amide bonds. The van der Waals surface area contributed by atoms with Gasteiger partial charge in [-0.1, -0.05) is 0 Å². The van der Waals surface area contributed by atoms with E-state index in [9.17, 15) is 8.42 Å². The summed E-state index contributed by atoms with van der Waals surface area (Å²) in [6, 6.07) is 1.73. The summed E-state index contributed by atoms with van der Waals surface area (Å²) in [4.78, 5) is 20.4. The average Bonchev–Trinajstić information content (AvgIpc) is 3.22. The summed E-state index contributed by atoms with van der Waals surface area (Å²) in [5, 5.41) is 0. The minimum absolute atomic E-state index is 0.200. The number of aryl methyl sites for hydroxylation is 1. The van der Waals surface area contributed by atoms with E-state index in [2.05, 4.69) is 26.4 Å². The molecule has 0 radical (unpaired) electrons. The van der Waals surface area contributed by atoms with Gasteiger partial charge in [-0.15, -0.1) is 11.3 Å². The summed E-state index contributed by atoms with van der Waals surface area (Å²) in [6.07, 6.45) is 5.12. The molecule has 11 nitrogen and oxygen atoms in total. The molecule has 0 aliphatic carbocycles. The molecule has 6 rings (SSSR count). The number of aromatic nitrogens is 3. The van der Waals surface area contributed by atoms with Crippen molar-refractivity contribution in [2.45, 2.75) is 26.3 Å². The molecule has 0 bridgehead atoms. The highest BCUT2D eigenvalue weighted by Crippen LogP contribution is 2.42. The highest BCUT2D eigenvalue weighted by atomic mass is 32.2. The van der Waals surface area contributed by atoms with Gasteiger partial charge in [-0.3, -0.25) is 9.62 Å². The van der Waals surface area contributed by atoms with Crippen LogP contribution in [0.2, 0.25) is 0 Å². The smallest absolute Gasteiger partial charge is 0.238 e. The molecule has 0 atom stereocenters. The number of likely N-dealkylation sites (tertiary alicyclic amines) is 1. The number of rotatable bonds is 7. The van der Waals surface area contributed by atoms with E-state index in [1.165, 1.54) is 30.4 Å². The van der Waals surface area contributed by atoms with Crippen molar-refractivity contribution in [3.8, 4) is 17.1 Å². The molecule has 3 aliphatic rings. The maximum atomic E-state index is 12.0. The number of hydrogen-bond acceptors (Lipinski definition) is 11. The van der Waals surface area contributed by atoms with Gasteiger partial charge in [0.2, 0.25) is 21.9 Å². The van der Waals surface area contributed by atoms with Gasteiger partial charge < -0.3 is 19.1 Å². The van der Waals surface area contributed by atoms with E-state index in [1.54, 1.807) is 23.6 Å². The van der Waals surface area contributed by atoms with Crippen molar-refractivity contribution < 1.29 is 22.6 Å². The quantitative estimate of drug-likeness (QED) is 0.451. The molecular formula is C26H34N6O5S2. The van der Waals surface area contributed by atoms with Crippen LogP contribution in [0.4, 0.5) is 11.6 Å². The fourth-order valence-corrected chi connectivity index (χ4v) is 7.18. The SMILES string of the molecule is COc1ncc(-c2nc(N3CCOCC3)nc3c(CN4CCC5(CC4)COC5)c(C)sc23)cc1NS(C)(=O)=O. The number of anilines is 2. The van der Waals surface area contributed by atoms with Crippen LogP contribution in [-0.2, 0) is 26.0 Å². The Labute approximate surface area is 232 Å². The Morgan fingerprint density at radius 2 is 1.87 bits per heavy atom. The number of pyridine rings is 1. The van der Waals surface area contributed by atoms with Crippen LogP contribution in [0.3, 0.4) is 0 Å². The molecule has 39 heavy (non-hydrogen) atoms. The predicted molar refractivity (Wildman–Crippen MR) is 151 cm³/mol. The summed E-state index contributed by atoms with van der Waals surface area (Å²) in [6.45, 7) is 9.55. The first kappa shape index (κ1) is 26.6. The molecule has 3 aromatic heterocycles. The lowest BCUT2D eigenvalue weighted by Gasteiger charge is -2.47. The molecule has 210 valence electrons. The van der Waals surface area contributed by atoms with Gasteiger partial charge in [-0.25, -0.2) is 23.4 Å². The molecule has 0 unspecified atom stereocenters. The average molecular weight is 575 g/mol. The number of methoxy groups -OCH3 is 1. The molecule has 3 saturated heterocycles. The van der Waals surface area contributed by atoms with E-state index in [4.69, 9.17) is 24.2 Å². The summed E-state index contributed by atoms with van der Waals surface area (Å²) >= 11 is 1.68. The van der Waals surface area contributed by atoms with Crippen LogP contribution in [0, 0.1) is 12.3 Å². The maximum Gasteiger partial charge on any atom is 0.238 e. The van der Waals surface area contributed by atoms with E-state index in [0.29, 0.717) is 43.2 Å². The van der Waals surface area contributed by atoms with Gasteiger partial charge in [-0.2, -0.15) is 0 Å². The monoisotopic (exact) mass is 574 g/mol. The normalized spacial score (nSPS) is 19.8. The van der Waals surface area contributed by atoms with Gasteiger partial charge in [0.25, 0.3) is 0 Å². The summed E-state index contributed by atoms with van der Waals surface area (Å²) in [5.74, 6) is 0.850. The molecule has 3 aliphatic heterocycles. The van der Waals surface area contributed by atoms with Crippen molar-refractivity contribution in [3.63, 3.8) is 0 Å². The van der Waals surface area contributed by atoms with E-state index >= 15 is 0 Å². The number of hydrogen-bond donors (Lipinski definition) is 1. The fourth-order valence-electron chi connectivity index (χ4n) is 5.51. The van der Waals surface area contributed by atoms with Crippen molar-refractivity contribution in [3.05, 3.63) is 22.7 Å². The van der Waals surface area contributed by atoms with Gasteiger partial charge >= 0.3 is 0 Å². The Morgan fingerprint density at radius 3 is 2.51 bits per heavy atom. The van der Waals surface area contributed by atoms with Crippen LogP contribution in [0.15, 0.2) is 12.3 Å². The van der Waals surface area contributed by atoms with E-state index < -0.39 is 10.0 Å². The number of piperidine rings is 1. The maximum absolute atomic E-state index is 12.0. The van der Waals surface area contributed by atoms with Crippen LogP contribution < -0.4 is 14.4 Å². The van der Waals surface area contributed by atoms with Crippen molar-refractivity contribution in [1.82, 2.24) is 19.9 Å². The standard InChI is InChI=1S/C26H34N6O5S2/c1-17-19(14-31-6-4-26(5-7-31)15-37-16-26)22-23(38-17)21(28-25(29-22)32-8-10-36-11-9-32)18-12-20(30-39(3,33)34)24(35-2)27-13-18/h12-13,30H,4-11,14-16H2,1-3H3. The topological polar surface area (TPSA) is 119 Å². The zero-order chi connectivity index (χ0) is 27.2. The molecule has 3 aromatic rings. The first-order valence-corrected chi connectivity index (χ1v) is 15.9. The predicted octanol–water partition coefficient (Wildman–Crippen LogP) is 2.89. The highest BCUT2D eigenvalue weighted by Gasteiger charge is 2.41. The third-order valence-corrected chi connectivity index (χ3v) is 9.58. The van der Waals surface area contributed by atoms with Crippen molar-refractivity contribution in [2.75, 3.05) is 75.6 Å². The Bertz CT molecular complexity index is 1470. The Kier molecular flexibility index (Phi) is 7.12. The van der Waals surface area contributed by atoms with E-state index in [1.807, 2.05) is 0 Å². The number of nitrogens with one attached hydrogen (secondary N) is 1. The lowest BCUT2D eigenvalue weighted by Crippen LogP contribution is -2.50. The molecule has 1 N–H and O–H groups in total. The minimum Gasteiger partial charge on any atom is -0.480 e. The molecule has 6 heterocycles. The second-order valence-corrected chi connectivity index (χ2v) is 13.7. The molecule has 0 aromatic carbocycles. The van der Waals surface area contributed by atoms with Crippen LogP contribution in [-0.4, -0.2) is 94.2 Å². The van der Waals surface area contributed by atoms with Crippen LogP contribution in [0.1, 0.15) is 23.3 Å². The van der Waals surface area contributed by atoms with Crippen molar-refractivity contribution in [1.29, 1.82) is 0 Å². The van der Waals surface area contributed by atoms with Gasteiger partial charge in [-0.05, 0) is 38.9 Å². The second kappa shape index (κ2) is 10.4. The first-order chi connectivity index (χ1) is 18.7. The van der Waals surface area contributed by atoms with Crippen LogP contribution >= 0.6 is 11.3 Å². The van der Waals surface area contributed by atoms with Gasteiger partial charge in [0, 0.05) is 47.3 Å². The fraction of sp³-hybridized carbons (Fsp3) is 0.577. The van der Waals surface area contributed by atoms with Gasteiger partial charge in [0.15, 0.2) is 0 Å². The largest absolute Gasteiger partial charge is 0.480 e. The Balaban J connectivity index is 1.42. The zero-order valence-corrected chi connectivity index (χ0v) is 24.2. The van der Waals surface area contributed by atoms with Gasteiger partial charge in [0.05, 0.1) is 55.7 Å². The molecule has 3 fully saturated rings. The number of fused-ring (bicyclic) bond motifs is 1. The first-order valence-electron chi connectivity index (χ1n) is 13.2. The third-order valence-electron chi connectivity index (χ3n) is 7.84. The molecule has 0 saturated carbocycles. The van der Waals surface area contributed by atoms with Crippen LogP contribution in [0.25, 0.3) is 21.5 Å². The molecule has 13 heteroatoms. The Morgan fingerprint density at radius 1 is 1.13 bits per heavy atom. The lowest BCUT2D eigenvalue weighted by molar-refractivity contribution is -0.140. The van der Waals surface area contributed by atoms with E-state index in [-0.39, 0.29) is 11.6 Å². The highest BCUT2D eigenvalue weighted by molar-refractivity contribution is 7.92. The number of ether oxygens (including phenoxy) is 3. The third kappa shape index (κ3) is 5.42. The number of morpholine rings is 1. The van der Waals surface area contributed by atoms with Crippen molar-refractivity contribution in [2.24, 2.45) is 5.41 Å². The number of nitrogens with zero attached hydrogens (tertiary/aromatic N) is 5. The van der Waals surface area contributed by atoms with Crippen LogP contribution in [0.5, 0.6) is 5.88 Å². The number of thiophene rings is 1. The summed E-state index contributed by atoms with van der Waals surface area (Å²) in [5.41, 5.74) is 4.26. The van der Waals surface area contributed by atoms with Crippen molar-refractivity contribution >= 4 is 43.2 Å². The Hall–Kier alpha value is -2.58. The number of sulfonamides is 1. The summed E-state index contributed by atoms with van der Waals surface area (Å²) in [7, 11) is -2.07. The zero-order valence-electron chi connectivity index (χ0n) is 22.5.